The lowest BCUT2D eigenvalue weighted by molar-refractivity contribution is -0.0502. The van der Waals surface area contributed by atoms with Crippen molar-refractivity contribution in [2.75, 3.05) is 0 Å². The van der Waals surface area contributed by atoms with E-state index in [2.05, 4.69) is 0 Å². The minimum atomic E-state index is -5.04. The summed E-state index contributed by atoms with van der Waals surface area (Å²) >= 11 is 0. The zero-order valence-electron chi connectivity index (χ0n) is 24.4. The molecule has 238 valence electrons. The highest BCUT2D eigenvalue weighted by molar-refractivity contribution is 7.81. The number of amides is 4. The van der Waals surface area contributed by atoms with E-state index in [1.807, 2.05) is 36.4 Å². The number of benzene rings is 4. The SMILES string of the molecule is CC12N3Cc4cccc5cccc(c45)CN1C(=O)N1Cc4c(OS(=O)(=O)O)ccc5ccc(OS(=O)(=O)O)c(c45)CN(C3=O)C12C. The first-order valence-corrected chi connectivity index (χ1v) is 16.9. The average molecular weight is 667 g/mol. The highest BCUT2D eigenvalue weighted by atomic mass is 32.3. The van der Waals surface area contributed by atoms with Crippen molar-refractivity contribution in [3.8, 4) is 11.5 Å². The summed E-state index contributed by atoms with van der Waals surface area (Å²) in [4.78, 5) is 35.5. The van der Waals surface area contributed by atoms with Crippen molar-refractivity contribution in [2.24, 2.45) is 0 Å². The van der Waals surface area contributed by atoms with Gasteiger partial charge in [0.2, 0.25) is 0 Å². The van der Waals surface area contributed by atoms with Crippen LogP contribution >= 0.6 is 0 Å². The predicted molar refractivity (Wildman–Crippen MR) is 162 cm³/mol. The van der Waals surface area contributed by atoms with Crippen molar-refractivity contribution in [2.45, 2.75) is 51.4 Å². The zero-order chi connectivity index (χ0) is 32.6. The summed E-state index contributed by atoms with van der Waals surface area (Å²) in [6.07, 6.45) is 0. The molecule has 4 aliphatic rings. The van der Waals surface area contributed by atoms with Crippen LogP contribution in [-0.2, 0) is 47.0 Å². The highest BCUT2D eigenvalue weighted by Gasteiger charge is 2.74. The maximum atomic E-state index is 14.6. The standard InChI is InChI=1S/C30H26N4O10S2/c1-29-30(2)33-15-21-23(43-45(37,38)39)11-9-18-10-12-24(44-46(40,41)42)22(26(18)21)16-34(30)28(36)32(29)14-20-8-4-6-17-5-3-7-19(25(17)20)13-31(29)27(33)35/h3-12H,13-16H2,1-2H3,(H,37,38,39)(H,40,41,42). The van der Waals surface area contributed by atoms with Gasteiger partial charge in [-0.1, -0.05) is 48.5 Å². The summed E-state index contributed by atoms with van der Waals surface area (Å²) in [5.41, 5.74) is -0.688. The molecule has 4 aliphatic heterocycles. The maximum Gasteiger partial charge on any atom is 0.446 e. The van der Waals surface area contributed by atoms with E-state index in [1.165, 1.54) is 34.1 Å². The number of urea groups is 2. The molecule has 4 aromatic carbocycles. The van der Waals surface area contributed by atoms with E-state index in [0.29, 0.717) is 5.39 Å². The lowest BCUT2D eigenvalue weighted by Gasteiger charge is -2.47. The number of rotatable bonds is 4. The Morgan fingerprint density at radius 3 is 1.39 bits per heavy atom. The molecule has 0 bridgehead atoms. The smallest absolute Gasteiger partial charge is 0.361 e. The molecule has 2 fully saturated rings. The van der Waals surface area contributed by atoms with Crippen molar-refractivity contribution in [3.63, 3.8) is 0 Å². The monoisotopic (exact) mass is 666 g/mol. The molecule has 0 saturated carbocycles. The quantitative estimate of drug-likeness (QED) is 0.303. The molecule has 16 heteroatoms. The summed E-state index contributed by atoms with van der Waals surface area (Å²) < 4.78 is 77.1. The van der Waals surface area contributed by atoms with E-state index in [0.717, 1.165) is 21.9 Å². The summed E-state index contributed by atoms with van der Waals surface area (Å²) in [5, 5.41) is 2.58. The van der Waals surface area contributed by atoms with Gasteiger partial charge in [-0.2, -0.15) is 16.8 Å². The second kappa shape index (κ2) is 9.00. The Hall–Kier alpha value is -4.64. The van der Waals surface area contributed by atoms with Crippen LogP contribution in [0.1, 0.15) is 36.1 Å². The number of hydrogen-bond acceptors (Lipinski definition) is 8. The molecule has 2 saturated heterocycles. The van der Waals surface area contributed by atoms with E-state index >= 15 is 0 Å². The van der Waals surface area contributed by atoms with Crippen LogP contribution < -0.4 is 8.37 Å². The molecule has 4 heterocycles. The van der Waals surface area contributed by atoms with Crippen LogP contribution in [-0.4, -0.2) is 68.9 Å². The van der Waals surface area contributed by atoms with Gasteiger partial charge in [-0.15, -0.1) is 0 Å². The Kier molecular flexibility index (Phi) is 5.64. The van der Waals surface area contributed by atoms with Crippen molar-refractivity contribution in [1.29, 1.82) is 0 Å². The van der Waals surface area contributed by atoms with Crippen LogP contribution in [0.3, 0.4) is 0 Å². The van der Waals surface area contributed by atoms with Crippen LogP contribution in [0.5, 0.6) is 11.5 Å². The third kappa shape index (κ3) is 3.74. The first-order chi connectivity index (χ1) is 21.6. The van der Waals surface area contributed by atoms with E-state index in [4.69, 9.17) is 8.37 Å². The van der Waals surface area contributed by atoms with Gasteiger partial charge < -0.3 is 8.37 Å². The van der Waals surface area contributed by atoms with Crippen LogP contribution in [0.25, 0.3) is 21.5 Å². The molecule has 8 rings (SSSR count). The largest absolute Gasteiger partial charge is 0.446 e. The molecular weight excluding hydrogens is 640 g/mol. The lowest BCUT2D eigenvalue weighted by atomic mass is 9.88. The van der Waals surface area contributed by atoms with Gasteiger partial charge in [0.1, 0.15) is 0 Å². The predicted octanol–water partition coefficient (Wildman–Crippen LogP) is 3.99. The summed E-state index contributed by atoms with van der Waals surface area (Å²) in [7, 11) is -10.1. The fourth-order valence-electron chi connectivity index (χ4n) is 7.89. The van der Waals surface area contributed by atoms with Crippen molar-refractivity contribution in [3.05, 3.63) is 82.9 Å². The van der Waals surface area contributed by atoms with Gasteiger partial charge in [-0.3, -0.25) is 28.7 Å². The second-order valence-electron chi connectivity index (χ2n) is 12.1. The van der Waals surface area contributed by atoms with Crippen LogP contribution in [0, 0.1) is 0 Å². The first-order valence-electron chi connectivity index (χ1n) is 14.2. The Labute approximate surface area is 263 Å². The Bertz CT molecular complexity index is 2150. The molecule has 0 unspecified atom stereocenters. The number of nitrogens with zero attached hydrogens (tertiary/aromatic N) is 4. The van der Waals surface area contributed by atoms with Crippen LogP contribution in [0.2, 0.25) is 0 Å². The molecule has 4 amide bonds. The van der Waals surface area contributed by atoms with Crippen LogP contribution in [0.15, 0.2) is 60.7 Å². The van der Waals surface area contributed by atoms with Crippen molar-refractivity contribution < 1.29 is 43.9 Å². The fourth-order valence-corrected chi connectivity index (χ4v) is 8.65. The summed E-state index contributed by atoms with van der Waals surface area (Å²) in [5.74, 6) is -0.624. The van der Waals surface area contributed by atoms with Gasteiger partial charge in [0.25, 0.3) is 0 Å². The maximum absolute atomic E-state index is 14.6. The Morgan fingerprint density at radius 1 is 0.587 bits per heavy atom. The molecule has 0 aromatic heterocycles. The van der Waals surface area contributed by atoms with Gasteiger partial charge in [0.15, 0.2) is 22.8 Å². The first kappa shape index (κ1) is 28.8. The van der Waals surface area contributed by atoms with Gasteiger partial charge >= 0.3 is 32.9 Å². The third-order valence-corrected chi connectivity index (χ3v) is 10.8. The lowest BCUT2D eigenvalue weighted by Crippen LogP contribution is -2.64. The topological polar surface area (TPSA) is 174 Å². The summed E-state index contributed by atoms with van der Waals surface area (Å²) in [6, 6.07) is 16.4. The molecule has 0 atom stereocenters. The molecule has 0 radical (unpaired) electrons. The van der Waals surface area contributed by atoms with Crippen molar-refractivity contribution >= 4 is 54.4 Å². The second-order valence-corrected chi connectivity index (χ2v) is 14.1. The molecule has 2 N–H and O–H groups in total. The molecule has 46 heavy (non-hydrogen) atoms. The highest BCUT2D eigenvalue weighted by Crippen LogP contribution is 2.56. The van der Waals surface area contributed by atoms with E-state index in [9.17, 15) is 35.5 Å². The van der Waals surface area contributed by atoms with E-state index < -0.39 is 44.2 Å². The number of hydrogen-bond donors (Lipinski definition) is 2. The Balaban J connectivity index is 1.42. The minimum Gasteiger partial charge on any atom is -0.361 e. The van der Waals surface area contributed by atoms with E-state index in [1.54, 1.807) is 23.6 Å². The van der Waals surface area contributed by atoms with E-state index in [-0.39, 0.29) is 54.2 Å². The Morgan fingerprint density at radius 2 is 0.978 bits per heavy atom. The molecular formula is C30H26N4O10S2. The van der Waals surface area contributed by atoms with Gasteiger partial charge in [-0.05, 0) is 58.7 Å². The van der Waals surface area contributed by atoms with Crippen LogP contribution in [0.4, 0.5) is 9.59 Å². The van der Waals surface area contributed by atoms with Gasteiger partial charge in [-0.25, -0.2) is 9.59 Å². The molecule has 0 aliphatic carbocycles. The molecule has 0 spiro atoms. The average Bonchev–Trinajstić information content (AvgIpc) is 3.20. The van der Waals surface area contributed by atoms with Gasteiger partial charge in [0.05, 0.1) is 26.2 Å². The normalized spacial score (nSPS) is 23.7. The zero-order valence-corrected chi connectivity index (χ0v) is 26.0. The number of carbonyl (C=O) groups is 2. The third-order valence-electron chi connectivity index (χ3n) is 10.00. The fraction of sp³-hybridized carbons (Fsp3) is 0.267. The summed E-state index contributed by atoms with van der Waals surface area (Å²) in [6.45, 7) is 3.22. The van der Waals surface area contributed by atoms with Gasteiger partial charge in [0, 0.05) is 11.1 Å². The molecule has 14 nitrogen and oxygen atoms in total. The van der Waals surface area contributed by atoms with Crippen molar-refractivity contribution in [1.82, 2.24) is 19.6 Å². The number of carbonyl (C=O) groups excluding carboxylic acids is 2. The minimum absolute atomic E-state index is 0.121. The molecule has 4 aromatic rings.